The minimum absolute atomic E-state index is 0.872. The Balaban J connectivity index is 3.48. The highest BCUT2D eigenvalue weighted by atomic mass is 14.7. The molecule has 0 aromatic rings. The van der Waals surface area contributed by atoms with Crippen LogP contribution < -0.4 is 0 Å². The number of rotatable bonds is 4. The molecule has 53 valence electrons. The molecule has 0 aromatic carbocycles. The second kappa shape index (κ2) is 5.80. The van der Waals surface area contributed by atoms with E-state index in [1.807, 2.05) is 0 Å². The molecule has 1 nitrogen and oxygen atoms in total. The highest BCUT2D eigenvalue weighted by Crippen LogP contribution is 1.91. The van der Waals surface area contributed by atoms with E-state index in [-0.39, 0.29) is 0 Å². The number of aliphatic imine (C=N–C) groups is 1. The van der Waals surface area contributed by atoms with Crippen molar-refractivity contribution in [3.05, 3.63) is 6.92 Å². The minimum atomic E-state index is 0.872. The molecule has 0 saturated heterocycles. The summed E-state index contributed by atoms with van der Waals surface area (Å²) >= 11 is 0. The van der Waals surface area contributed by atoms with Crippen LogP contribution in [0.15, 0.2) is 4.99 Å². The van der Waals surface area contributed by atoms with Crippen LogP contribution in [0.2, 0.25) is 0 Å². The van der Waals surface area contributed by atoms with Crippen molar-refractivity contribution in [3.63, 3.8) is 0 Å². The average Bonchev–Trinajstić information content (AvgIpc) is 1.91. The summed E-state index contributed by atoms with van der Waals surface area (Å²) in [6, 6.07) is 0. The highest BCUT2D eigenvalue weighted by Gasteiger charge is 1.87. The van der Waals surface area contributed by atoms with Gasteiger partial charge in [0.05, 0.1) is 0 Å². The zero-order valence-electron chi connectivity index (χ0n) is 6.48. The topological polar surface area (TPSA) is 12.4 Å². The third-order valence-electron chi connectivity index (χ3n) is 1.26. The predicted molar refractivity (Wildman–Crippen MR) is 42.9 cm³/mol. The summed E-state index contributed by atoms with van der Waals surface area (Å²) in [5.41, 5.74) is 1.25. The van der Waals surface area contributed by atoms with Crippen LogP contribution in [0.1, 0.15) is 33.1 Å². The Morgan fingerprint density at radius 1 is 1.44 bits per heavy atom. The second-order valence-electron chi connectivity index (χ2n) is 2.05. The fourth-order valence-electron chi connectivity index (χ4n) is 0.638. The zero-order valence-corrected chi connectivity index (χ0v) is 6.48. The van der Waals surface area contributed by atoms with E-state index in [9.17, 15) is 0 Å². The van der Waals surface area contributed by atoms with Gasteiger partial charge in [-0.05, 0) is 26.2 Å². The minimum Gasteiger partial charge on any atom is -0.294 e. The quantitative estimate of drug-likeness (QED) is 0.513. The molecule has 0 unspecified atom stereocenters. The van der Waals surface area contributed by atoms with E-state index in [2.05, 4.69) is 25.8 Å². The Labute approximate surface area is 58.2 Å². The SMILES string of the molecule is [CH2]C/C(CC)=N/CCC. The molecule has 1 heteroatoms. The van der Waals surface area contributed by atoms with Crippen molar-refractivity contribution in [2.45, 2.75) is 33.1 Å². The van der Waals surface area contributed by atoms with E-state index in [0.717, 1.165) is 25.8 Å². The molecule has 0 atom stereocenters. The van der Waals surface area contributed by atoms with Crippen LogP contribution in [0, 0.1) is 6.92 Å². The van der Waals surface area contributed by atoms with E-state index < -0.39 is 0 Å². The maximum atomic E-state index is 4.33. The largest absolute Gasteiger partial charge is 0.294 e. The number of hydrogen-bond donors (Lipinski definition) is 0. The predicted octanol–water partition coefficient (Wildman–Crippen LogP) is 2.47. The number of hydrogen-bond acceptors (Lipinski definition) is 1. The van der Waals surface area contributed by atoms with Gasteiger partial charge in [-0.1, -0.05) is 13.8 Å². The molecule has 0 spiro atoms. The summed E-state index contributed by atoms with van der Waals surface area (Å²) in [6.07, 6.45) is 3.07. The molecule has 0 rings (SSSR count). The zero-order chi connectivity index (χ0) is 7.11. The van der Waals surface area contributed by atoms with Crippen molar-refractivity contribution in [2.24, 2.45) is 4.99 Å². The Hall–Kier alpha value is -0.330. The van der Waals surface area contributed by atoms with E-state index in [0.29, 0.717) is 0 Å². The van der Waals surface area contributed by atoms with Crippen molar-refractivity contribution in [3.8, 4) is 0 Å². The molecule has 0 aliphatic heterocycles. The summed E-state index contributed by atoms with van der Waals surface area (Å²) in [5, 5.41) is 0. The van der Waals surface area contributed by atoms with Crippen LogP contribution in [0.5, 0.6) is 0 Å². The van der Waals surface area contributed by atoms with Crippen molar-refractivity contribution >= 4 is 5.71 Å². The van der Waals surface area contributed by atoms with E-state index in [1.165, 1.54) is 5.71 Å². The molecule has 9 heavy (non-hydrogen) atoms. The molecule has 0 aliphatic carbocycles. The highest BCUT2D eigenvalue weighted by molar-refractivity contribution is 5.84. The lowest BCUT2D eigenvalue weighted by Crippen LogP contribution is -1.94. The van der Waals surface area contributed by atoms with Gasteiger partial charge in [-0.25, -0.2) is 0 Å². The molecule has 0 aliphatic rings. The molecular weight excluding hydrogens is 110 g/mol. The first-order valence-corrected chi connectivity index (χ1v) is 3.66. The monoisotopic (exact) mass is 126 g/mol. The fourth-order valence-corrected chi connectivity index (χ4v) is 0.638. The second-order valence-corrected chi connectivity index (χ2v) is 2.05. The van der Waals surface area contributed by atoms with Crippen molar-refractivity contribution in [1.29, 1.82) is 0 Å². The summed E-state index contributed by atoms with van der Waals surface area (Å²) in [4.78, 5) is 4.33. The van der Waals surface area contributed by atoms with Crippen LogP contribution in [-0.4, -0.2) is 12.3 Å². The first kappa shape index (κ1) is 8.67. The van der Waals surface area contributed by atoms with Gasteiger partial charge in [0, 0.05) is 12.3 Å². The first-order chi connectivity index (χ1) is 4.35. The number of nitrogens with zero attached hydrogens (tertiary/aromatic N) is 1. The van der Waals surface area contributed by atoms with Gasteiger partial charge in [-0.15, -0.1) is 0 Å². The third kappa shape index (κ3) is 4.19. The molecule has 0 heterocycles. The van der Waals surface area contributed by atoms with Crippen LogP contribution in [0.4, 0.5) is 0 Å². The molecule has 0 bridgehead atoms. The van der Waals surface area contributed by atoms with Gasteiger partial charge in [0.1, 0.15) is 0 Å². The molecule has 0 amide bonds. The van der Waals surface area contributed by atoms with Gasteiger partial charge in [0.15, 0.2) is 0 Å². The van der Waals surface area contributed by atoms with E-state index >= 15 is 0 Å². The normalized spacial score (nSPS) is 12.1. The average molecular weight is 126 g/mol. The van der Waals surface area contributed by atoms with E-state index in [4.69, 9.17) is 0 Å². The van der Waals surface area contributed by atoms with Crippen LogP contribution >= 0.6 is 0 Å². The Morgan fingerprint density at radius 2 is 2.11 bits per heavy atom. The maximum absolute atomic E-state index is 4.33. The smallest absolute Gasteiger partial charge is 0.0386 e. The molecule has 1 radical (unpaired) electrons. The molecular formula is C8H16N. The summed E-state index contributed by atoms with van der Waals surface area (Å²) in [5.74, 6) is 0. The fraction of sp³-hybridized carbons (Fsp3) is 0.750. The molecule has 0 saturated carbocycles. The van der Waals surface area contributed by atoms with Gasteiger partial charge < -0.3 is 0 Å². The Kier molecular flexibility index (Phi) is 5.59. The van der Waals surface area contributed by atoms with Gasteiger partial charge in [0.2, 0.25) is 0 Å². The van der Waals surface area contributed by atoms with Crippen LogP contribution in [0.3, 0.4) is 0 Å². The van der Waals surface area contributed by atoms with Crippen molar-refractivity contribution < 1.29 is 0 Å². The summed E-state index contributed by atoms with van der Waals surface area (Å²) in [7, 11) is 0. The van der Waals surface area contributed by atoms with Crippen molar-refractivity contribution in [2.75, 3.05) is 6.54 Å². The molecule has 0 N–H and O–H groups in total. The Morgan fingerprint density at radius 3 is 2.44 bits per heavy atom. The van der Waals surface area contributed by atoms with Crippen LogP contribution in [-0.2, 0) is 0 Å². The molecule has 0 fully saturated rings. The van der Waals surface area contributed by atoms with Gasteiger partial charge in [0.25, 0.3) is 0 Å². The lowest BCUT2D eigenvalue weighted by molar-refractivity contribution is 0.920. The Bertz CT molecular complexity index is 78.6. The molecule has 0 aromatic heterocycles. The van der Waals surface area contributed by atoms with Gasteiger partial charge in [-0.2, -0.15) is 0 Å². The van der Waals surface area contributed by atoms with Crippen LogP contribution in [0.25, 0.3) is 0 Å². The van der Waals surface area contributed by atoms with Gasteiger partial charge >= 0.3 is 0 Å². The maximum Gasteiger partial charge on any atom is 0.0386 e. The van der Waals surface area contributed by atoms with Crippen molar-refractivity contribution in [1.82, 2.24) is 0 Å². The van der Waals surface area contributed by atoms with Gasteiger partial charge in [-0.3, -0.25) is 4.99 Å². The summed E-state index contributed by atoms with van der Waals surface area (Å²) < 4.78 is 0. The lowest BCUT2D eigenvalue weighted by Gasteiger charge is -1.96. The lowest BCUT2D eigenvalue weighted by atomic mass is 10.2. The third-order valence-corrected chi connectivity index (χ3v) is 1.26. The summed E-state index contributed by atoms with van der Waals surface area (Å²) in [6.45, 7) is 9.01. The standard InChI is InChI=1S/C8H16N/c1-4-7-9-8(5-2)6-3/h2,4-7H2,1,3H3/b9-8-. The first-order valence-electron chi connectivity index (χ1n) is 3.66. The van der Waals surface area contributed by atoms with E-state index in [1.54, 1.807) is 0 Å².